The van der Waals surface area contributed by atoms with E-state index in [1.54, 1.807) is 0 Å². The Morgan fingerprint density at radius 3 is 2.56 bits per heavy atom. The highest BCUT2D eigenvalue weighted by molar-refractivity contribution is 8.00. The van der Waals surface area contributed by atoms with Crippen molar-refractivity contribution < 1.29 is 14.4 Å². The third-order valence-electron chi connectivity index (χ3n) is 3.28. The molecule has 0 aromatic rings. The number of hydrogen-bond acceptors (Lipinski definition) is 5. The summed E-state index contributed by atoms with van der Waals surface area (Å²) in [6, 6.07) is 0. The summed E-state index contributed by atoms with van der Waals surface area (Å²) in [6.07, 6.45) is 2.10. The van der Waals surface area contributed by atoms with Gasteiger partial charge < -0.3 is 0 Å². The lowest BCUT2D eigenvalue weighted by molar-refractivity contribution is -0.138. The molecule has 102 valence electrons. The van der Waals surface area contributed by atoms with Crippen LogP contribution in [-0.4, -0.2) is 47.2 Å². The molecule has 1 N–H and O–H groups in total. The van der Waals surface area contributed by atoms with Gasteiger partial charge in [-0.05, 0) is 13.2 Å². The zero-order valence-corrected chi connectivity index (χ0v) is 12.1. The molecular weight excluding hydrogens is 252 g/mol. The van der Waals surface area contributed by atoms with E-state index in [4.69, 9.17) is 0 Å². The van der Waals surface area contributed by atoms with Crippen LogP contribution >= 0.6 is 11.8 Å². The number of nitrogens with one attached hydrogen (secondary N) is 1. The molecular formula is C12H20N2O3S. The van der Waals surface area contributed by atoms with Gasteiger partial charge in [0.1, 0.15) is 5.78 Å². The van der Waals surface area contributed by atoms with Crippen molar-refractivity contribution in [2.75, 3.05) is 19.5 Å². The molecule has 1 unspecified atom stereocenters. The van der Waals surface area contributed by atoms with Crippen molar-refractivity contribution in [3.05, 3.63) is 0 Å². The average Bonchev–Trinajstić information content (AvgIpc) is 2.55. The zero-order chi connectivity index (χ0) is 13.9. The van der Waals surface area contributed by atoms with Gasteiger partial charge in [-0.1, -0.05) is 13.8 Å². The first kappa shape index (κ1) is 15.2. The Balaban J connectivity index is 2.47. The number of thioether (sulfide) groups is 1. The van der Waals surface area contributed by atoms with Crippen LogP contribution in [0.5, 0.6) is 0 Å². The van der Waals surface area contributed by atoms with Crippen LogP contribution in [0.2, 0.25) is 0 Å². The summed E-state index contributed by atoms with van der Waals surface area (Å²) in [5.74, 6) is -0.204. The van der Waals surface area contributed by atoms with E-state index in [0.29, 0.717) is 6.54 Å². The number of hydrogen-bond donors (Lipinski definition) is 1. The highest BCUT2D eigenvalue weighted by Crippen LogP contribution is 2.22. The van der Waals surface area contributed by atoms with Crippen LogP contribution in [0.3, 0.4) is 0 Å². The van der Waals surface area contributed by atoms with Crippen molar-refractivity contribution >= 4 is 29.4 Å². The predicted molar refractivity (Wildman–Crippen MR) is 71.1 cm³/mol. The van der Waals surface area contributed by atoms with Crippen LogP contribution in [0.4, 0.5) is 0 Å². The standard InChI is InChI=1S/C12H20N2O3S/c1-8(15)12(2,3)6-13-7-14-10(16)5-9(18-4)11(14)17/h9,13H,5-7H2,1-4H3. The number of Topliss-reactive ketones (excluding diaryl/α,β-unsaturated/α-hetero) is 1. The molecule has 6 heteroatoms. The summed E-state index contributed by atoms with van der Waals surface area (Å²) in [4.78, 5) is 36.0. The fourth-order valence-electron chi connectivity index (χ4n) is 1.61. The summed E-state index contributed by atoms with van der Waals surface area (Å²) in [5.41, 5.74) is -0.481. The summed E-state index contributed by atoms with van der Waals surface area (Å²) in [7, 11) is 0. The molecule has 0 aliphatic carbocycles. The average molecular weight is 272 g/mol. The molecule has 1 aliphatic heterocycles. The topological polar surface area (TPSA) is 66.5 Å². The Morgan fingerprint density at radius 1 is 1.50 bits per heavy atom. The Hall–Kier alpha value is -0.880. The number of ketones is 1. The van der Waals surface area contributed by atoms with Gasteiger partial charge in [-0.25, -0.2) is 0 Å². The molecule has 1 heterocycles. The summed E-state index contributed by atoms with van der Waals surface area (Å²) in [5, 5.41) is 2.76. The lowest BCUT2D eigenvalue weighted by atomic mass is 9.89. The molecule has 5 nitrogen and oxygen atoms in total. The van der Waals surface area contributed by atoms with Gasteiger partial charge in [-0.2, -0.15) is 11.8 Å². The first-order valence-corrected chi connectivity index (χ1v) is 7.17. The second-order valence-electron chi connectivity index (χ2n) is 5.11. The normalized spacial score (nSPS) is 20.7. The third kappa shape index (κ3) is 3.32. The van der Waals surface area contributed by atoms with Gasteiger partial charge in [-0.15, -0.1) is 0 Å². The molecule has 1 aliphatic rings. The van der Waals surface area contributed by atoms with Gasteiger partial charge in [0.15, 0.2) is 0 Å². The molecule has 1 atom stereocenters. The van der Waals surface area contributed by atoms with E-state index in [0.717, 1.165) is 0 Å². The maximum Gasteiger partial charge on any atom is 0.243 e. The fraction of sp³-hybridized carbons (Fsp3) is 0.750. The van der Waals surface area contributed by atoms with Crippen molar-refractivity contribution in [3.8, 4) is 0 Å². The molecule has 0 spiro atoms. The monoisotopic (exact) mass is 272 g/mol. The van der Waals surface area contributed by atoms with Gasteiger partial charge in [-0.3, -0.25) is 24.6 Å². The molecule has 0 aromatic heterocycles. The summed E-state index contributed by atoms with van der Waals surface area (Å²) < 4.78 is 0. The van der Waals surface area contributed by atoms with Crippen molar-refractivity contribution in [1.29, 1.82) is 0 Å². The molecule has 0 aromatic carbocycles. The zero-order valence-electron chi connectivity index (χ0n) is 11.3. The number of nitrogens with zero attached hydrogens (tertiary/aromatic N) is 1. The predicted octanol–water partition coefficient (Wildman–Crippen LogP) is 0.639. The highest BCUT2D eigenvalue weighted by Gasteiger charge is 2.37. The van der Waals surface area contributed by atoms with Crippen LogP contribution in [0.25, 0.3) is 0 Å². The summed E-state index contributed by atoms with van der Waals surface area (Å²) >= 11 is 1.40. The van der Waals surface area contributed by atoms with E-state index in [-0.39, 0.29) is 35.9 Å². The number of carbonyl (C=O) groups excluding carboxylic acids is 3. The van der Waals surface area contributed by atoms with Gasteiger partial charge >= 0.3 is 0 Å². The van der Waals surface area contributed by atoms with E-state index >= 15 is 0 Å². The Labute approximate surface area is 112 Å². The SMILES string of the molecule is CSC1CC(=O)N(CNCC(C)(C)C(C)=O)C1=O. The van der Waals surface area contributed by atoms with Crippen LogP contribution < -0.4 is 5.32 Å². The number of imide groups is 1. The Morgan fingerprint density at radius 2 is 2.11 bits per heavy atom. The van der Waals surface area contributed by atoms with Crippen LogP contribution in [0.1, 0.15) is 27.2 Å². The minimum atomic E-state index is -0.481. The first-order valence-electron chi connectivity index (χ1n) is 5.88. The largest absolute Gasteiger partial charge is 0.299 e. The fourth-order valence-corrected chi connectivity index (χ4v) is 2.25. The van der Waals surface area contributed by atoms with Crippen molar-refractivity contribution in [2.24, 2.45) is 5.41 Å². The minimum Gasteiger partial charge on any atom is -0.299 e. The van der Waals surface area contributed by atoms with E-state index in [1.165, 1.54) is 23.6 Å². The quantitative estimate of drug-likeness (QED) is 0.719. The van der Waals surface area contributed by atoms with Crippen molar-refractivity contribution in [1.82, 2.24) is 10.2 Å². The maximum absolute atomic E-state index is 11.8. The second kappa shape index (κ2) is 5.84. The van der Waals surface area contributed by atoms with Crippen molar-refractivity contribution in [2.45, 2.75) is 32.4 Å². The Kier molecular flexibility index (Phi) is 4.92. The minimum absolute atomic E-state index is 0.0797. The number of amides is 2. The molecule has 2 amide bonds. The van der Waals surface area contributed by atoms with Gasteiger partial charge in [0, 0.05) is 18.4 Å². The van der Waals surface area contributed by atoms with E-state index in [2.05, 4.69) is 5.32 Å². The van der Waals surface area contributed by atoms with Crippen LogP contribution in [0.15, 0.2) is 0 Å². The maximum atomic E-state index is 11.8. The lowest BCUT2D eigenvalue weighted by Gasteiger charge is -2.23. The molecule has 1 fully saturated rings. The summed E-state index contributed by atoms with van der Waals surface area (Å²) in [6.45, 7) is 5.84. The van der Waals surface area contributed by atoms with Crippen molar-refractivity contribution in [3.63, 3.8) is 0 Å². The molecule has 1 rings (SSSR count). The molecule has 18 heavy (non-hydrogen) atoms. The molecule has 0 saturated carbocycles. The first-order chi connectivity index (χ1) is 8.29. The van der Waals surface area contributed by atoms with Gasteiger partial charge in [0.25, 0.3) is 0 Å². The van der Waals surface area contributed by atoms with E-state index in [1.807, 2.05) is 20.1 Å². The second-order valence-corrected chi connectivity index (χ2v) is 6.15. The van der Waals surface area contributed by atoms with Crippen LogP contribution in [0, 0.1) is 5.41 Å². The number of carbonyl (C=O) groups is 3. The Bertz CT molecular complexity index is 368. The van der Waals surface area contributed by atoms with E-state index in [9.17, 15) is 14.4 Å². The van der Waals surface area contributed by atoms with Crippen LogP contribution in [-0.2, 0) is 14.4 Å². The highest BCUT2D eigenvalue weighted by atomic mass is 32.2. The smallest absolute Gasteiger partial charge is 0.243 e. The number of likely N-dealkylation sites (tertiary alicyclic amines) is 1. The molecule has 1 saturated heterocycles. The molecule has 0 bridgehead atoms. The van der Waals surface area contributed by atoms with E-state index < -0.39 is 5.41 Å². The van der Waals surface area contributed by atoms with Gasteiger partial charge in [0.05, 0.1) is 11.9 Å². The number of rotatable bonds is 6. The lowest BCUT2D eigenvalue weighted by Crippen LogP contribution is -2.43. The van der Waals surface area contributed by atoms with Gasteiger partial charge in [0.2, 0.25) is 11.8 Å². The third-order valence-corrected chi connectivity index (χ3v) is 4.21. The molecule has 0 radical (unpaired) electrons.